The van der Waals surface area contributed by atoms with Crippen molar-refractivity contribution in [3.05, 3.63) is 0 Å². The predicted molar refractivity (Wildman–Crippen MR) is 62.1 cm³/mol. The summed E-state index contributed by atoms with van der Waals surface area (Å²) in [4.78, 5) is 0. The number of rotatable bonds is 7. The first-order chi connectivity index (χ1) is 7.38. The summed E-state index contributed by atoms with van der Waals surface area (Å²) >= 11 is 0. The lowest BCUT2D eigenvalue weighted by Crippen LogP contribution is -2.43. The standard InChI is InChI=1S/C12H25NO2/c1-3-7-14-8-5-11-10-15-9-6-12(11)13-4-2/h11-13H,3-10H2,1-2H3. The molecule has 0 aliphatic carbocycles. The first kappa shape index (κ1) is 12.9. The van der Waals surface area contributed by atoms with Crippen molar-refractivity contribution in [3.8, 4) is 0 Å². The van der Waals surface area contributed by atoms with Crippen LogP contribution in [0.25, 0.3) is 0 Å². The molecule has 90 valence electrons. The van der Waals surface area contributed by atoms with E-state index in [0.717, 1.165) is 52.2 Å². The van der Waals surface area contributed by atoms with Gasteiger partial charge >= 0.3 is 0 Å². The van der Waals surface area contributed by atoms with Gasteiger partial charge in [0.2, 0.25) is 0 Å². The second-order valence-electron chi connectivity index (χ2n) is 4.19. The van der Waals surface area contributed by atoms with Crippen LogP contribution in [0.2, 0.25) is 0 Å². The maximum atomic E-state index is 5.53. The predicted octanol–water partition coefficient (Wildman–Crippen LogP) is 1.82. The van der Waals surface area contributed by atoms with E-state index in [-0.39, 0.29) is 0 Å². The summed E-state index contributed by atoms with van der Waals surface area (Å²) in [5.41, 5.74) is 0. The highest BCUT2D eigenvalue weighted by Crippen LogP contribution is 2.18. The Morgan fingerprint density at radius 2 is 2.20 bits per heavy atom. The van der Waals surface area contributed by atoms with Crippen molar-refractivity contribution in [2.45, 2.75) is 39.2 Å². The Morgan fingerprint density at radius 1 is 1.33 bits per heavy atom. The minimum atomic E-state index is 0.633. The van der Waals surface area contributed by atoms with E-state index >= 15 is 0 Å². The Morgan fingerprint density at radius 3 is 2.93 bits per heavy atom. The van der Waals surface area contributed by atoms with Crippen molar-refractivity contribution in [1.82, 2.24) is 5.32 Å². The molecule has 1 aliphatic heterocycles. The number of hydrogen-bond donors (Lipinski definition) is 1. The van der Waals surface area contributed by atoms with Gasteiger partial charge in [0.1, 0.15) is 0 Å². The molecule has 0 aromatic rings. The van der Waals surface area contributed by atoms with Crippen molar-refractivity contribution in [1.29, 1.82) is 0 Å². The van der Waals surface area contributed by atoms with Gasteiger partial charge in [-0.1, -0.05) is 13.8 Å². The molecule has 1 saturated heterocycles. The molecule has 3 heteroatoms. The van der Waals surface area contributed by atoms with E-state index < -0.39 is 0 Å². The van der Waals surface area contributed by atoms with Gasteiger partial charge in [0, 0.05) is 25.9 Å². The van der Waals surface area contributed by atoms with Gasteiger partial charge in [0.25, 0.3) is 0 Å². The van der Waals surface area contributed by atoms with E-state index in [2.05, 4.69) is 19.2 Å². The van der Waals surface area contributed by atoms with Crippen LogP contribution in [0, 0.1) is 5.92 Å². The van der Waals surface area contributed by atoms with Crippen LogP contribution in [0.4, 0.5) is 0 Å². The summed E-state index contributed by atoms with van der Waals surface area (Å²) in [5, 5.41) is 3.54. The maximum absolute atomic E-state index is 5.53. The van der Waals surface area contributed by atoms with Gasteiger partial charge in [-0.05, 0) is 31.7 Å². The fourth-order valence-corrected chi connectivity index (χ4v) is 2.09. The molecule has 0 radical (unpaired) electrons. The lowest BCUT2D eigenvalue weighted by atomic mass is 9.93. The van der Waals surface area contributed by atoms with Crippen LogP contribution in [0.3, 0.4) is 0 Å². The molecule has 0 aromatic heterocycles. The zero-order chi connectivity index (χ0) is 10.9. The van der Waals surface area contributed by atoms with Gasteiger partial charge in [-0.15, -0.1) is 0 Å². The highest BCUT2D eigenvalue weighted by Gasteiger charge is 2.24. The summed E-state index contributed by atoms with van der Waals surface area (Å²) in [7, 11) is 0. The Hall–Kier alpha value is -0.120. The third-order valence-electron chi connectivity index (χ3n) is 2.92. The molecule has 3 nitrogen and oxygen atoms in total. The van der Waals surface area contributed by atoms with Crippen LogP contribution < -0.4 is 5.32 Å². The zero-order valence-corrected chi connectivity index (χ0v) is 10.1. The van der Waals surface area contributed by atoms with Crippen LogP contribution in [-0.2, 0) is 9.47 Å². The van der Waals surface area contributed by atoms with Crippen molar-refractivity contribution >= 4 is 0 Å². The SMILES string of the molecule is CCCOCCC1COCCC1NCC. The highest BCUT2D eigenvalue weighted by atomic mass is 16.5. The lowest BCUT2D eigenvalue weighted by Gasteiger charge is -2.32. The van der Waals surface area contributed by atoms with Gasteiger partial charge < -0.3 is 14.8 Å². The lowest BCUT2D eigenvalue weighted by molar-refractivity contribution is 0.0144. The summed E-state index contributed by atoms with van der Waals surface area (Å²) in [6.07, 6.45) is 3.38. The van der Waals surface area contributed by atoms with Crippen molar-refractivity contribution in [3.63, 3.8) is 0 Å². The molecular weight excluding hydrogens is 190 g/mol. The fraction of sp³-hybridized carbons (Fsp3) is 1.00. The molecule has 0 spiro atoms. The smallest absolute Gasteiger partial charge is 0.0510 e. The van der Waals surface area contributed by atoms with E-state index in [1.807, 2.05) is 0 Å². The Kier molecular flexibility index (Phi) is 6.98. The molecule has 0 bridgehead atoms. The van der Waals surface area contributed by atoms with Crippen LogP contribution >= 0.6 is 0 Å². The topological polar surface area (TPSA) is 30.5 Å². The first-order valence-corrected chi connectivity index (χ1v) is 6.27. The third kappa shape index (κ3) is 4.96. The molecule has 1 aliphatic rings. The average Bonchev–Trinajstić information content (AvgIpc) is 2.27. The molecule has 1 fully saturated rings. The van der Waals surface area contributed by atoms with Crippen molar-refractivity contribution in [2.24, 2.45) is 5.92 Å². The van der Waals surface area contributed by atoms with E-state index in [4.69, 9.17) is 9.47 Å². The van der Waals surface area contributed by atoms with Gasteiger partial charge in [0.05, 0.1) is 6.61 Å². The number of hydrogen-bond acceptors (Lipinski definition) is 3. The average molecular weight is 215 g/mol. The summed E-state index contributed by atoms with van der Waals surface area (Å²) in [6.45, 7) is 8.93. The number of nitrogens with one attached hydrogen (secondary N) is 1. The molecule has 1 heterocycles. The van der Waals surface area contributed by atoms with Crippen LogP contribution in [0.1, 0.15) is 33.1 Å². The monoisotopic (exact) mass is 215 g/mol. The molecule has 1 rings (SSSR count). The van der Waals surface area contributed by atoms with Gasteiger partial charge in [-0.3, -0.25) is 0 Å². The summed E-state index contributed by atoms with van der Waals surface area (Å²) < 4.78 is 11.0. The van der Waals surface area contributed by atoms with Crippen LogP contribution in [-0.4, -0.2) is 39.0 Å². The zero-order valence-electron chi connectivity index (χ0n) is 10.1. The molecule has 2 atom stereocenters. The first-order valence-electron chi connectivity index (χ1n) is 6.27. The molecule has 0 aromatic carbocycles. The van der Waals surface area contributed by atoms with Gasteiger partial charge in [-0.2, -0.15) is 0 Å². The summed E-state index contributed by atoms with van der Waals surface area (Å²) in [6, 6.07) is 0.633. The van der Waals surface area contributed by atoms with Gasteiger partial charge in [0.15, 0.2) is 0 Å². The highest BCUT2D eigenvalue weighted by molar-refractivity contribution is 4.79. The quantitative estimate of drug-likeness (QED) is 0.657. The molecular formula is C12H25NO2. The Balaban J connectivity index is 2.17. The van der Waals surface area contributed by atoms with Crippen LogP contribution in [0.15, 0.2) is 0 Å². The van der Waals surface area contributed by atoms with Crippen molar-refractivity contribution in [2.75, 3.05) is 33.0 Å². The molecule has 0 saturated carbocycles. The maximum Gasteiger partial charge on any atom is 0.0510 e. The summed E-state index contributed by atoms with van der Waals surface area (Å²) in [5.74, 6) is 0.635. The molecule has 2 unspecified atom stereocenters. The second kappa shape index (κ2) is 8.08. The van der Waals surface area contributed by atoms with Gasteiger partial charge in [-0.25, -0.2) is 0 Å². The molecule has 1 N–H and O–H groups in total. The van der Waals surface area contributed by atoms with E-state index in [1.54, 1.807) is 0 Å². The number of ether oxygens (including phenoxy) is 2. The third-order valence-corrected chi connectivity index (χ3v) is 2.92. The molecule has 15 heavy (non-hydrogen) atoms. The minimum Gasteiger partial charge on any atom is -0.381 e. The van der Waals surface area contributed by atoms with E-state index in [1.165, 1.54) is 0 Å². The van der Waals surface area contributed by atoms with E-state index in [0.29, 0.717) is 12.0 Å². The minimum absolute atomic E-state index is 0.633. The van der Waals surface area contributed by atoms with E-state index in [9.17, 15) is 0 Å². The normalized spacial score (nSPS) is 26.8. The largest absolute Gasteiger partial charge is 0.381 e. The fourth-order valence-electron chi connectivity index (χ4n) is 2.09. The molecule has 0 amide bonds. The van der Waals surface area contributed by atoms with Crippen LogP contribution in [0.5, 0.6) is 0 Å². The Labute approximate surface area is 93.5 Å². The Bertz CT molecular complexity index is 151. The van der Waals surface area contributed by atoms with Crippen molar-refractivity contribution < 1.29 is 9.47 Å². The second-order valence-corrected chi connectivity index (χ2v) is 4.19.